The fourth-order valence-electron chi connectivity index (χ4n) is 1.38. The lowest BCUT2D eigenvalue weighted by Crippen LogP contribution is -2.15. The molecule has 0 unspecified atom stereocenters. The average Bonchev–Trinajstić information content (AvgIpc) is 2.41. The molecule has 1 amide bonds. The van der Waals surface area contributed by atoms with E-state index in [1.807, 2.05) is 13.0 Å². The van der Waals surface area contributed by atoms with Gasteiger partial charge in [0.25, 0.3) is 5.91 Å². The van der Waals surface area contributed by atoms with Gasteiger partial charge in [-0.3, -0.25) is 20.6 Å². The summed E-state index contributed by atoms with van der Waals surface area (Å²) in [5, 5.41) is 2.70. The summed E-state index contributed by atoms with van der Waals surface area (Å²) in [6, 6.07) is 6.84. The van der Waals surface area contributed by atoms with Gasteiger partial charge >= 0.3 is 0 Å². The third kappa shape index (κ3) is 2.80. The van der Waals surface area contributed by atoms with Crippen molar-refractivity contribution in [2.24, 2.45) is 5.84 Å². The van der Waals surface area contributed by atoms with E-state index in [2.05, 4.69) is 20.7 Å². The van der Waals surface area contributed by atoms with Crippen molar-refractivity contribution in [1.29, 1.82) is 0 Å². The van der Waals surface area contributed by atoms with Crippen LogP contribution in [0.4, 0.5) is 11.4 Å². The molecular formula is C12H13N5O. The SMILES string of the molecule is Cc1ccc(NC(=O)c2cc(NN)ccn2)cn1. The van der Waals surface area contributed by atoms with Crippen molar-refractivity contribution in [3.8, 4) is 0 Å². The molecule has 0 aliphatic rings. The number of aromatic nitrogens is 2. The van der Waals surface area contributed by atoms with E-state index in [4.69, 9.17) is 5.84 Å². The molecule has 18 heavy (non-hydrogen) atoms. The summed E-state index contributed by atoms with van der Waals surface area (Å²) in [5.41, 5.74) is 4.88. The van der Waals surface area contributed by atoms with Crippen molar-refractivity contribution < 1.29 is 4.79 Å². The van der Waals surface area contributed by atoms with Gasteiger partial charge in [0, 0.05) is 11.9 Å². The summed E-state index contributed by atoms with van der Waals surface area (Å²) in [6.45, 7) is 1.88. The van der Waals surface area contributed by atoms with E-state index >= 15 is 0 Å². The molecule has 0 saturated carbocycles. The minimum Gasteiger partial charge on any atom is -0.324 e. The number of hydrazine groups is 1. The van der Waals surface area contributed by atoms with Crippen LogP contribution in [0.1, 0.15) is 16.2 Å². The molecule has 2 heterocycles. The molecule has 0 spiro atoms. The number of carbonyl (C=O) groups excluding carboxylic acids is 1. The number of hydrogen-bond acceptors (Lipinski definition) is 5. The summed E-state index contributed by atoms with van der Waals surface area (Å²) in [6.07, 6.45) is 3.11. The molecular weight excluding hydrogens is 230 g/mol. The first-order valence-corrected chi connectivity index (χ1v) is 5.36. The number of nitrogens with two attached hydrogens (primary N) is 1. The Morgan fingerprint density at radius 3 is 2.72 bits per heavy atom. The first-order chi connectivity index (χ1) is 8.69. The summed E-state index contributed by atoms with van der Waals surface area (Å²) in [4.78, 5) is 20.0. The monoisotopic (exact) mass is 243 g/mol. The van der Waals surface area contributed by atoms with E-state index in [0.717, 1.165) is 5.69 Å². The lowest BCUT2D eigenvalue weighted by molar-refractivity contribution is 0.102. The van der Waals surface area contributed by atoms with Crippen LogP contribution in [0.2, 0.25) is 0 Å². The Kier molecular flexibility index (Phi) is 3.49. The van der Waals surface area contributed by atoms with Crippen LogP contribution in [0.25, 0.3) is 0 Å². The quantitative estimate of drug-likeness (QED) is 0.558. The Balaban J connectivity index is 2.14. The van der Waals surface area contributed by atoms with Crippen molar-refractivity contribution in [2.45, 2.75) is 6.92 Å². The fourth-order valence-corrected chi connectivity index (χ4v) is 1.38. The first kappa shape index (κ1) is 12.0. The highest BCUT2D eigenvalue weighted by Crippen LogP contribution is 2.10. The fraction of sp³-hybridized carbons (Fsp3) is 0.0833. The third-order valence-corrected chi connectivity index (χ3v) is 2.33. The highest BCUT2D eigenvalue weighted by atomic mass is 16.1. The van der Waals surface area contributed by atoms with Gasteiger partial charge in [0.1, 0.15) is 5.69 Å². The molecule has 0 saturated heterocycles. The molecule has 6 nitrogen and oxygen atoms in total. The summed E-state index contributed by atoms with van der Waals surface area (Å²) < 4.78 is 0. The molecule has 0 fully saturated rings. The van der Waals surface area contributed by atoms with Crippen molar-refractivity contribution in [3.63, 3.8) is 0 Å². The smallest absolute Gasteiger partial charge is 0.274 e. The highest BCUT2D eigenvalue weighted by Gasteiger charge is 2.08. The Labute approximate surface area is 104 Å². The van der Waals surface area contributed by atoms with Gasteiger partial charge in [-0.05, 0) is 31.2 Å². The molecule has 0 aromatic carbocycles. The zero-order valence-corrected chi connectivity index (χ0v) is 9.84. The number of nitrogen functional groups attached to an aromatic ring is 1. The lowest BCUT2D eigenvalue weighted by atomic mass is 10.3. The average molecular weight is 243 g/mol. The van der Waals surface area contributed by atoms with E-state index in [1.165, 1.54) is 6.20 Å². The molecule has 92 valence electrons. The van der Waals surface area contributed by atoms with Crippen molar-refractivity contribution in [2.75, 3.05) is 10.7 Å². The summed E-state index contributed by atoms with van der Waals surface area (Å²) in [5.74, 6) is 4.96. The number of nitrogens with zero attached hydrogens (tertiary/aromatic N) is 2. The Morgan fingerprint density at radius 2 is 2.06 bits per heavy atom. The third-order valence-electron chi connectivity index (χ3n) is 2.33. The zero-order chi connectivity index (χ0) is 13.0. The van der Waals surface area contributed by atoms with Gasteiger partial charge in [-0.2, -0.15) is 0 Å². The minimum atomic E-state index is -0.308. The number of carbonyl (C=O) groups is 1. The maximum Gasteiger partial charge on any atom is 0.274 e. The predicted octanol–water partition coefficient (Wildman–Crippen LogP) is 1.32. The second-order valence-electron chi connectivity index (χ2n) is 3.72. The highest BCUT2D eigenvalue weighted by molar-refractivity contribution is 6.03. The summed E-state index contributed by atoms with van der Waals surface area (Å²) in [7, 11) is 0. The molecule has 2 aromatic rings. The number of amides is 1. The van der Waals surface area contributed by atoms with Crippen LogP contribution in [-0.2, 0) is 0 Å². The van der Waals surface area contributed by atoms with Gasteiger partial charge < -0.3 is 10.7 Å². The molecule has 2 aromatic heterocycles. The number of aryl methyl sites for hydroxylation is 1. The van der Waals surface area contributed by atoms with Crippen LogP contribution in [0.15, 0.2) is 36.7 Å². The van der Waals surface area contributed by atoms with Crippen LogP contribution in [0.5, 0.6) is 0 Å². The van der Waals surface area contributed by atoms with Crippen molar-refractivity contribution in [1.82, 2.24) is 9.97 Å². The predicted molar refractivity (Wildman–Crippen MR) is 69.0 cm³/mol. The zero-order valence-electron chi connectivity index (χ0n) is 9.84. The minimum absolute atomic E-state index is 0.283. The van der Waals surface area contributed by atoms with Crippen LogP contribution in [-0.4, -0.2) is 15.9 Å². The van der Waals surface area contributed by atoms with Crippen molar-refractivity contribution >= 4 is 17.3 Å². The largest absolute Gasteiger partial charge is 0.324 e. The molecule has 0 bridgehead atoms. The Morgan fingerprint density at radius 1 is 1.22 bits per heavy atom. The Hall–Kier alpha value is -2.47. The first-order valence-electron chi connectivity index (χ1n) is 5.36. The normalized spacial score (nSPS) is 9.89. The maximum absolute atomic E-state index is 11.9. The molecule has 6 heteroatoms. The van der Waals surface area contributed by atoms with Gasteiger partial charge in [-0.1, -0.05) is 0 Å². The van der Waals surface area contributed by atoms with E-state index in [9.17, 15) is 4.79 Å². The standard InChI is InChI=1S/C12H13N5O/c1-8-2-3-10(7-15-8)16-12(18)11-6-9(17-13)4-5-14-11/h2-7H,13H2,1H3,(H,14,17)(H,16,18). The maximum atomic E-state index is 11.9. The van der Waals surface area contributed by atoms with E-state index in [-0.39, 0.29) is 11.6 Å². The molecule has 0 atom stereocenters. The van der Waals surface area contributed by atoms with Gasteiger partial charge in [-0.15, -0.1) is 0 Å². The lowest BCUT2D eigenvalue weighted by Gasteiger charge is -2.05. The molecule has 0 aliphatic heterocycles. The number of nitrogens with one attached hydrogen (secondary N) is 2. The summed E-state index contributed by atoms with van der Waals surface area (Å²) >= 11 is 0. The van der Waals surface area contributed by atoms with Gasteiger partial charge in [0.2, 0.25) is 0 Å². The molecule has 4 N–H and O–H groups in total. The number of rotatable bonds is 3. The van der Waals surface area contributed by atoms with Crippen LogP contribution < -0.4 is 16.6 Å². The van der Waals surface area contributed by atoms with E-state index in [1.54, 1.807) is 24.4 Å². The van der Waals surface area contributed by atoms with E-state index < -0.39 is 0 Å². The second kappa shape index (κ2) is 5.24. The Bertz CT molecular complexity index is 553. The number of hydrogen-bond donors (Lipinski definition) is 3. The topological polar surface area (TPSA) is 92.9 Å². The van der Waals surface area contributed by atoms with Crippen LogP contribution in [0.3, 0.4) is 0 Å². The molecule has 0 aliphatic carbocycles. The molecule has 2 rings (SSSR count). The van der Waals surface area contributed by atoms with Gasteiger partial charge in [0.15, 0.2) is 0 Å². The van der Waals surface area contributed by atoms with E-state index in [0.29, 0.717) is 11.4 Å². The number of pyridine rings is 2. The van der Waals surface area contributed by atoms with Crippen molar-refractivity contribution in [3.05, 3.63) is 48.0 Å². The van der Waals surface area contributed by atoms with Gasteiger partial charge in [0.05, 0.1) is 17.6 Å². The van der Waals surface area contributed by atoms with Crippen LogP contribution in [0, 0.1) is 6.92 Å². The second-order valence-corrected chi connectivity index (χ2v) is 3.72. The van der Waals surface area contributed by atoms with Crippen LogP contribution >= 0.6 is 0 Å². The molecule has 0 radical (unpaired) electrons. The number of anilines is 2. The van der Waals surface area contributed by atoms with Gasteiger partial charge in [-0.25, -0.2) is 0 Å².